The number of rotatable bonds is 6. The van der Waals surface area contributed by atoms with Crippen molar-refractivity contribution in [1.82, 2.24) is 4.98 Å². The van der Waals surface area contributed by atoms with Gasteiger partial charge in [-0.1, -0.05) is 29.8 Å². The van der Waals surface area contributed by atoms with Gasteiger partial charge in [0.15, 0.2) is 0 Å². The van der Waals surface area contributed by atoms with Gasteiger partial charge in [-0.05, 0) is 31.2 Å². The van der Waals surface area contributed by atoms with Crippen LogP contribution >= 0.6 is 11.3 Å². The molecule has 0 atom stereocenters. The van der Waals surface area contributed by atoms with Crippen LogP contribution in [0.25, 0.3) is 10.6 Å². The summed E-state index contributed by atoms with van der Waals surface area (Å²) in [6.45, 7) is 2.09. The number of carbonyl (C=O) groups is 2. The van der Waals surface area contributed by atoms with Crippen LogP contribution in [-0.4, -0.2) is 23.3 Å². The lowest BCUT2D eigenvalue weighted by molar-refractivity contribution is -0.117. The Morgan fingerprint density at radius 2 is 1.78 bits per heavy atom. The van der Waals surface area contributed by atoms with Crippen molar-refractivity contribution in [1.29, 1.82) is 0 Å². The maximum Gasteiger partial charge on any atom is 0.277 e. The number of benzene rings is 2. The van der Waals surface area contributed by atoms with Crippen LogP contribution in [0.4, 0.5) is 10.1 Å². The van der Waals surface area contributed by atoms with Gasteiger partial charge in [0.2, 0.25) is 5.91 Å². The Morgan fingerprint density at radius 3 is 2.41 bits per heavy atom. The Morgan fingerprint density at radius 1 is 1.11 bits per heavy atom. The number of aryl methyl sites for hydroxylation is 1. The first-order valence-electron chi connectivity index (χ1n) is 8.32. The number of carbonyl (C=O) groups excluding carboxylic acids is 2. The number of anilines is 1. The molecule has 27 heavy (non-hydrogen) atoms. The van der Waals surface area contributed by atoms with E-state index in [-0.39, 0.29) is 24.6 Å². The predicted molar refractivity (Wildman–Crippen MR) is 104 cm³/mol. The first-order valence-corrected chi connectivity index (χ1v) is 9.20. The summed E-state index contributed by atoms with van der Waals surface area (Å²) in [6.07, 6.45) is -0.00191. The van der Waals surface area contributed by atoms with Crippen molar-refractivity contribution in [2.24, 2.45) is 5.73 Å². The number of primary amides is 1. The normalized spacial score (nSPS) is 10.6. The molecule has 0 bridgehead atoms. The van der Waals surface area contributed by atoms with Crippen molar-refractivity contribution in [2.75, 3.05) is 11.4 Å². The third-order valence-corrected chi connectivity index (χ3v) is 4.88. The zero-order chi connectivity index (χ0) is 19.4. The van der Waals surface area contributed by atoms with Crippen LogP contribution in [0.15, 0.2) is 53.9 Å². The molecule has 0 spiro atoms. The van der Waals surface area contributed by atoms with Crippen molar-refractivity contribution in [2.45, 2.75) is 13.3 Å². The summed E-state index contributed by atoms with van der Waals surface area (Å²) < 4.78 is 13.2. The topological polar surface area (TPSA) is 76.3 Å². The number of aromatic nitrogens is 1. The highest BCUT2D eigenvalue weighted by Gasteiger charge is 2.21. The SMILES string of the molecule is Cc1ccc(-c2nc(C(=O)N(CCC(N)=O)c3ccc(F)cc3)cs2)cc1. The Kier molecular flexibility index (Phi) is 5.61. The Bertz CT molecular complexity index is 952. The Labute approximate surface area is 160 Å². The summed E-state index contributed by atoms with van der Waals surface area (Å²) in [5.74, 6) is -1.29. The van der Waals surface area contributed by atoms with E-state index in [1.54, 1.807) is 5.38 Å². The second-order valence-corrected chi connectivity index (χ2v) is 6.91. The highest BCUT2D eigenvalue weighted by atomic mass is 32.1. The molecule has 3 aromatic rings. The van der Waals surface area contributed by atoms with Gasteiger partial charge in [-0.15, -0.1) is 11.3 Å². The van der Waals surface area contributed by atoms with E-state index in [4.69, 9.17) is 5.73 Å². The molecule has 3 rings (SSSR count). The molecular weight excluding hydrogens is 365 g/mol. The lowest BCUT2D eigenvalue weighted by atomic mass is 10.2. The molecule has 0 aliphatic rings. The lowest BCUT2D eigenvalue weighted by Crippen LogP contribution is -2.34. The molecule has 0 saturated carbocycles. The molecule has 0 unspecified atom stereocenters. The van der Waals surface area contributed by atoms with Crippen LogP contribution in [0.5, 0.6) is 0 Å². The van der Waals surface area contributed by atoms with Crippen molar-refractivity contribution >= 4 is 28.8 Å². The Hall–Kier alpha value is -3.06. The molecule has 7 heteroatoms. The van der Waals surface area contributed by atoms with Gasteiger partial charge in [0.25, 0.3) is 5.91 Å². The van der Waals surface area contributed by atoms with Gasteiger partial charge in [0.1, 0.15) is 16.5 Å². The molecule has 0 aliphatic heterocycles. The molecule has 2 aromatic carbocycles. The first kappa shape index (κ1) is 18.7. The number of nitrogens with two attached hydrogens (primary N) is 1. The van der Waals surface area contributed by atoms with Crippen LogP contribution in [0, 0.1) is 12.7 Å². The average Bonchev–Trinajstić information content (AvgIpc) is 3.13. The predicted octanol–water partition coefficient (Wildman–Crippen LogP) is 3.78. The average molecular weight is 383 g/mol. The van der Waals surface area contributed by atoms with E-state index in [1.165, 1.54) is 40.5 Å². The standard InChI is InChI=1S/C20H18FN3O2S/c1-13-2-4-14(5-3-13)19-23-17(12-27-19)20(26)24(11-10-18(22)25)16-8-6-15(21)7-9-16/h2-9,12H,10-11H2,1H3,(H2,22,25). The Balaban J connectivity index is 1.88. The second kappa shape index (κ2) is 8.09. The van der Waals surface area contributed by atoms with Crippen LogP contribution < -0.4 is 10.6 Å². The maximum atomic E-state index is 13.2. The summed E-state index contributed by atoms with van der Waals surface area (Å²) in [6, 6.07) is 13.4. The molecule has 5 nitrogen and oxygen atoms in total. The summed E-state index contributed by atoms with van der Waals surface area (Å²) in [5.41, 5.74) is 8.04. The minimum atomic E-state index is -0.520. The number of amides is 2. The fraction of sp³-hybridized carbons (Fsp3) is 0.150. The highest BCUT2D eigenvalue weighted by molar-refractivity contribution is 7.13. The van der Waals surface area contributed by atoms with Gasteiger partial charge in [0, 0.05) is 29.6 Å². The molecule has 2 amide bonds. The molecule has 0 fully saturated rings. The van der Waals surface area contributed by atoms with E-state index in [1.807, 2.05) is 31.2 Å². The van der Waals surface area contributed by atoms with E-state index in [9.17, 15) is 14.0 Å². The van der Waals surface area contributed by atoms with Gasteiger partial charge < -0.3 is 10.6 Å². The van der Waals surface area contributed by atoms with Gasteiger partial charge in [-0.25, -0.2) is 9.37 Å². The molecule has 1 aromatic heterocycles. The summed E-state index contributed by atoms with van der Waals surface area (Å²) in [7, 11) is 0. The number of hydrogen-bond acceptors (Lipinski definition) is 4. The summed E-state index contributed by atoms with van der Waals surface area (Å²) in [4.78, 5) is 30.0. The molecule has 138 valence electrons. The van der Waals surface area contributed by atoms with Gasteiger partial charge in [0.05, 0.1) is 0 Å². The van der Waals surface area contributed by atoms with Crippen LogP contribution in [0.3, 0.4) is 0 Å². The minimum absolute atomic E-state index is 0.00191. The number of nitrogens with zero attached hydrogens (tertiary/aromatic N) is 2. The summed E-state index contributed by atoms with van der Waals surface area (Å²) >= 11 is 1.37. The second-order valence-electron chi connectivity index (χ2n) is 6.05. The van der Waals surface area contributed by atoms with Crippen LogP contribution in [0.1, 0.15) is 22.5 Å². The van der Waals surface area contributed by atoms with E-state index >= 15 is 0 Å². The highest BCUT2D eigenvalue weighted by Crippen LogP contribution is 2.26. The van der Waals surface area contributed by atoms with Crippen LogP contribution in [0.2, 0.25) is 0 Å². The smallest absolute Gasteiger partial charge is 0.277 e. The molecule has 0 aliphatic carbocycles. The van der Waals surface area contributed by atoms with Crippen molar-refractivity contribution in [3.05, 3.63) is 71.0 Å². The molecule has 2 N–H and O–H groups in total. The fourth-order valence-electron chi connectivity index (χ4n) is 2.53. The zero-order valence-electron chi connectivity index (χ0n) is 14.7. The van der Waals surface area contributed by atoms with Gasteiger partial charge in [-0.3, -0.25) is 9.59 Å². The molecule has 0 saturated heterocycles. The summed E-state index contributed by atoms with van der Waals surface area (Å²) in [5, 5.41) is 2.41. The number of halogens is 1. The quantitative estimate of drug-likeness (QED) is 0.704. The molecule has 1 heterocycles. The lowest BCUT2D eigenvalue weighted by Gasteiger charge is -2.21. The van der Waals surface area contributed by atoms with Crippen LogP contribution in [-0.2, 0) is 4.79 Å². The third kappa shape index (κ3) is 4.57. The monoisotopic (exact) mass is 383 g/mol. The van der Waals surface area contributed by atoms with Crippen molar-refractivity contribution in [3.63, 3.8) is 0 Å². The molecule has 0 radical (unpaired) electrons. The largest absolute Gasteiger partial charge is 0.370 e. The van der Waals surface area contributed by atoms with E-state index in [0.717, 1.165) is 16.1 Å². The zero-order valence-corrected chi connectivity index (χ0v) is 15.5. The fourth-order valence-corrected chi connectivity index (χ4v) is 3.33. The van der Waals surface area contributed by atoms with Crippen molar-refractivity contribution in [3.8, 4) is 10.6 Å². The van der Waals surface area contributed by atoms with E-state index in [2.05, 4.69) is 4.98 Å². The van der Waals surface area contributed by atoms with E-state index < -0.39 is 11.7 Å². The first-order chi connectivity index (χ1) is 12.9. The van der Waals surface area contributed by atoms with Crippen molar-refractivity contribution < 1.29 is 14.0 Å². The molecular formula is C20H18FN3O2S. The third-order valence-electron chi connectivity index (χ3n) is 3.99. The van der Waals surface area contributed by atoms with E-state index in [0.29, 0.717) is 5.69 Å². The van der Waals surface area contributed by atoms with Gasteiger partial charge in [-0.2, -0.15) is 0 Å². The van der Waals surface area contributed by atoms with Gasteiger partial charge >= 0.3 is 0 Å². The number of thiazole rings is 1. The maximum absolute atomic E-state index is 13.2. The minimum Gasteiger partial charge on any atom is -0.370 e. The number of hydrogen-bond donors (Lipinski definition) is 1.